The fraction of sp³-hybridized carbons (Fsp3) is 0.452. The van der Waals surface area contributed by atoms with Crippen molar-refractivity contribution in [3.8, 4) is 5.75 Å². The Bertz CT molecular complexity index is 1320. The highest BCUT2D eigenvalue weighted by Gasteiger charge is 2.72. The molecule has 40 heavy (non-hydrogen) atoms. The number of carbonyl (C=O) groups excluding carboxylic acids is 3. The second-order valence-corrected chi connectivity index (χ2v) is 11.5. The van der Waals surface area contributed by atoms with Crippen molar-refractivity contribution in [1.29, 1.82) is 0 Å². The van der Waals surface area contributed by atoms with Gasteiger partial charge in [0.15, 0.2) is 0 Å². The first-order valence-corrected chi connectivity index (χ1v) is 14.5. The van der Waals surface area contributed by atoms with E-state index in [0.29, 0.717) is 23.1 Å². The summed E-state index contributed by atoms with van der Waals surface area (Å²) in [6.07, 6.45) is 8.21. The van der Waals surface area contributed by atoms with Crippen LogP contribution in [0.5, 0.6) is 5.75 Å². The van der Waals surface area contributed by atoms with Gasteiger partial charge in [0.25, 0.3) is 0 Å². The van der Waals surface area contributed by atoms with E-state index in [1.165, 1.54) is 6.42 Å². The standard InChI is InChI=1S/C31H34ClN3O5/c1-2-39-23-11-7-6-8-19(23)18-35-27(29(37)34-21-9-4-3-5-10-21)31-17-16-24(40-31)25(26(31)30(35)38)28(36)33-22-14-12-20(32)13-15-22/h6-8,11-17,21,24-27H,2-5,9-10,18H2,1H3,(H,33,36)(H,34,37). The van der Waals surface area contributed by atoms with Crippen LogP contribution in [-0.4, -0.2) is 53.0 Å². The molecule has 0 aromatic heterocycles. The van der Waals surface area contributed by atoms with Gasteiger partial charge in [0.05, 0.1) is 31.1 Å². The zero-order valence-corrected chi connectivity index (χ0v) is 23.2. The lowest BCUT2D eigenvalue weighted by Gasteiger charge is -2.34. The molecule has 5 unspecified atom stereocenters. The van der Waals surface area contributed by atoms with E-state index in [2.05, 4.69) is 10.6 Å². The molecule has 9 heteroatoms. The molecule has 3 heterocycles. The van der Waals surface area contributed by atoms with Gasteiger partial charge in [-0.25, -0.2) is 0 Å². The van der Waals surface area contributed by atoms with Crippen LogP contribution in [0.2, 0.25) is 5.02 Å². The number of nitrogens with zero attached hydrogens (tertiary/aromatic N) is 1. The number of fused-ring (bicyclic) bond motifs is 1. The number of hydrogen-bond acceptors (Lipinski definition) is 5. The topological polar surface area (TPSA) is 97.0 Å². The van der Waals surface area contributed by atoms with Crippen LogP contribution < -0.4 is 15.4 Å². The van der Waals surface area contributed by atoms with E-state index in [1.807, 2.05) is 43.3 Å². The monoisotopic (exact) mass is 563 g/mol. The van der Waals surface area contributed by atoms with Crippen molar-refractivity contribution in [1.82, 2.24) is 10.2 Å². The van der Waals surface area contributed by atoms with Crippen LogP contribution in [0.15, 0.2) is 60.7 Å². The zero-order valence-electron chi connectivity index (χ0n) is 22.5. The summed E-state index contributed by atoms with van der Waals surface area (Å²) < 4.78 is 12.3. The first-order chi connectivity index (χ1) is 19.4. The fourth-order valence-corrected chi connectivity index (χ4v) is 6.96. The maximum absolute atomic E-state index is 14.3. The normalized spacial score (nSPS) is 28.9. The molecule has 2 bridgehead atoms. The number of carbonyl (C=O) groups is 3. The number of likely N-dealkylation sites (tertiary alicyclic amines) is 1. The third-order valence-electron chi connectivity index (χ3n) is 8.60. The maximum atomic E-state index is 14.3. The quantitative estimate of drug-likeness (QED) is 0.462. The molecule has 4 aliphatic rings. The SMILES string of the molecule is CCOc1ccccc1CN1C(=O)C2C(C(=O)Nc3ccc(Cl)cc3)C3C=CC2(O3)C1C(=O)NC1CCCCC1. The van der Waals surface area contributed by atoms with Crippen LogP contribution in [0.3, 0.4) is 0 Å². The lowest BCUT2D eigenvalue weighted by molar-refractivity contribution is -0.142. The van der Waals surface area contributed by atoms with E-state index < -0.39 is 29.6 Å². The van der Waals surface area contributed by atoms with Crippen LogP contribution in [0.4, 0.5) is 5.69 Å². The number of nitrogens with one attached hydrogen (secondary N) is 2. The third kappa shape index (κ3) is 4.67. The zero-order chi connectivity index (χ0) is 27.9. The molecule has 2 saturated heterocycles. The van der Waals surface area contributed by atoms with Gasteiger partial charge in [0.1, 0.15) is 17.4 Å². The second-order valence-electron chi connectivity index (χ2n) is 11.0. The predicted octanol–water partition coefficient (Wildman–Crippen LogP) is 4.48. The van der Waals surface area contributed by atoms with Gasteiger partial charge in [0, 0.05) is 22.3 Å². The number of ether oxygens (including phenoxy) is 2. The number of halogens is 1. The van der Waals surface area contributed by atoms with E-state index in [9.17, 15) is 14.4 Å². The molecule has 210 valence electrons. The molecular weight excluding hydrogens is 530 g/mol. The average molecular weight is 564 g/mol. The Balaban J connectivity index is 1.33. The average Bonchev–Trinajstić information content (AvgIpc) is 3.59. The first kappa shape index (κ1) is 26.8. The van der Waals surface area contributed by atoms with Crippen molar-refractivity contribution in [3.05, 3.63) is 71.3 Å². The number of anilines is 1. The molecule has 3 aliphatic heterocycles. The van der Waals surface area contributed by atoms with Crippen LogP contribution in [0, 0.1) is 11.8 Å². The second kappa shape index (κ2) is 10.9. The molecule has 1 spiro atoms. The van der Waals surface area contributed by atoms with Gasteiger partial charge in [-0.2, -0.15) is 0 Å². The first-order valence-electron chi connectivity index (χ1n) is 14.2. The minimum absolute atomic E-state index is 0.0657. The molecule has 5 atom stereocenters. The van der Waals surface area contributed by atoms with Gasteiger partial charge in [-0.15, -0.1) is 0 Å². The van der Waals surface area contributed by atoms with E-state index >= 15 is 0 Å². The Morgan fingerprint density at radius 2 is 1.82 bits per heavy atom. The molecule has 8 nitrogen and oxygen atoms in total. The fourth-order valence-electron chi connectivity index (χ4n) is 6.84. The van der Waals surface area contributed by atoms with Crippen molar-refractivity contribution in [2.45, 2.75) is 69.4 Å². The molecule has 0 radical (unpaired) electrons. The van der Waals surface area contributed by atoms with Crippen molar-refractivity contribution < 1.29 is 23.9 Å². The molecule has 2 aromatic carbocycles. The lowest BCUT2D eigenvalue weighted by Crippen LogP contribution is -2.56. The Hall–Kier alpha value is -3.36. The highest BCUT2D eigenvalue weighted by atomic mass is 35.5. The minimum atomic E-state index is -1.22. The summed E-state index contributed by atoms with van der Waals surface area (Å²) in [4.78, 5) is 43.5. The van der Waals surface area contributed by atoms with Gasteiger partial charge in [0.2, 0.25) is 17.7 Å². The summed E-state index contributed by atoms with van der Waals surface area (Å²) in [5.74, 6) is -1.75. The van der Waals surface area contributed by atoms with Gasteiger partial charge in [-0.05, 0) is 50.1 Å². The number of hydrogen-bond donors (Lipinski definition) is 2. The van der Waals surface area contributed by atoms with E-state index in [1.54, 1.807) is 29.2 Å². The van der Waals surface area contributed by atoms with Gasteiger partial charge in [-0.3, -0.25) is 14.4 Å². The van der Waals surface area contributed by atoms with Gasteiger partial charge >= 0.3 is 0 Å². The minimum Gasteiger partial charge on any atom is -0.494 e. The molecule has 3 amide bonds. The van der Waals surface area contributed by atoms with Crippen LogP contribution in [-0.2, 0) is 25.7 Å². The summed E-state index contributed by atoms with van der Waals surface area (Å²) in [6.45, 7) is 2.55. The lowest BCUT2D eigenvalue weighted by atomic mass is 9.74. The number of rotatable bonds is 8. The molecule has 1 saturated carbocycles. The van der Waals surface area contributed by atoms with Crippen molar-refractivity contribution >= 4 is 35.0 Å². The van der Waals surface area contributed by atoms with Gasteiger partial charge in [-0.1, -0.05) is 61.2 Å². The maximum Gasteiger partial charge on any atom is 0.246 e. The Kier molecular flexibility index (Phi) is 7.31. The summed E-state index contributed by atoms with van der Waals surface area (Å²) >= 11 is 6.01. The van der Waals surface area contributed by atoms with Crippen LogP contribution in [0.25, 0.3) is 0 Å². The smallest absolute Gasteiger partial charge is 0.246 e. The van der Waals surface area contributed by atoms with Crippen molar-refractivity contribution in [3.63, 3.8) is 0 Å². The summed E-state index contributed by atoms with van der Waals surface area (Å²) in [7, 11) is 0. The van der Waals surface area contributed by atoms with Crippen molar-refractivity contribution in [2.24, 2.45) is 11.8 Å². The van der Waals surface area contributed by atoms with Crippen LogP contribution in [0.1, 0.15) is 44.6 Å². The van der Waals surface area contributed by atoms with E-state index in [0.717, 1.165) is 31.2 Å². The largest absolute Gasteiger partial charge is 0.494 e. The highest BCUT2D eigenvalue weighted by molar-refractivity contribution is 6.30. The Labute approximate surface area is 239 Å². The summed E-state index contributed by atoms with van der Waals surface area (Å²) in [5, 5.41) is 6.71. The number of amides is 3. The Morgan fingerprint density at radius 1 is 1.07 bits per heavy atom. The molecule has 2 N–H and O–H groups in total. The molecular formula is C31H34ClN3O5. The van der Waals surface area contributed by atoms with Crippen molar-refractivity contribution in [2.75, 3.05) is 11.9 Å². The van der Waals surface area contributed by atoms with Gasteiger partial charge < -0.3 is 25.0 Å². The van der Waals surface area contributed by atoms with Crippen LogP contribution >= 0.6 is 11.6 Å². The van der Waals surface area contributed by atoms with E-state index in [4.69, 9.17) is 21.1 Å². The Morgan fingerprint density at radius 3 is 2.58 bits per heavy atom. The molecule has 6 rings (SSSR count). The molecule has 2 aromatic rings. The number of para-hydroxylation sites is 1. The summed E-state index contributed by atoms with van der Waals surface area (Å²) in [5.41, 5.74) is 0.156. The highest BCUT2D eigenvalue weighted by Crippen LogP contribution is 2.55. The molecule has 1 aliphatic carbocycles. The van der Waals surface area contributed by atoms with E-state index in [-0.39, 0.29) is 30.3 Å². The molecule has 3 fully saturated rings. The third-order valence-corrected chi connectivity index (χ3v) is 8.85. The summed E-state index contributed by atoms with van der Waals surface area (Å²) in [6, 6.07) is 13.5. The predicted molar refractivity (Wildman–Crippen MR) is 151 cm³/mol. The number of benzene rings is 2.